The lowest BCUT2D eigenvalue weighted by Gasteiger charge is -2.29. The summed E-state index contributed by atoms with van der Waals surface area (Å²) in [4.78, 5) is 17.5. The fourth-order valence-corrected chi connectivity index (χ4v) is 2.87. The highest BCUT2D eigenvalue weighted by atomic mass is 35.5. The second-order valence-electron chi connectivity index (χ2n) is 7.96. The van der Waals surface area contributed by atoms with Crippen molar-refractivity contribution in [1.82, 2.24) is 19.9 Å². The monoisotopic (exact) mass is 401 g/mol. The zero-order valence-electron chi connectivity index (χ0n) is 16.4. The van der Waals surface area contributed by atoms with Crippen molar-refractivity contribution in [3.05, 3.63) is 41.9 Å². The van der Waals surface area contributed by atoms with Crippen LogP contribution in [-0.2, 0) is 4.74 Å². The molecule has 0 atom stereocenters. The second-order valence-corrected chi connectivity index (χ2v) is 8.37. The molecule has 0 bridgehead atoms. The van der Waals surface area contributed by atoms with Crippen LogP contribution in [0.5, 0.6) is 0 Å². The van der Waals surface area contributed by atoms with Gasteiger partial charge in [0.05, 0.1) is 41.1 Å². The molecule has 3 aromatic heterocycles. The van der Waals surface area contributed by atoms with Crippen molar-refractivity contribution in [3.8, 4) is 11.4 Å². The number of aromatic nitrogens is 4. The van der Waals surface area contributed by atoms with Crippen LogP contribution in [0.4, 0.5) is 5.82 Å². The third-order valence-electron chi connectivity index (χ3n) is 3.89. The summed E-state index contributed by atoms with van der Waals surface area (Å²) in [5.74, 6) is 1.15. The Hall–Kier alpha value is -2.35. The zero-order valence-corrected chi connectivity index (χ0v) is 17.2. The summed E-state index contributed by atoms with van der Waals surface area (Å²) in [5.41, 5.74) is 0.0849. The van der Waals surface area contributed by atoms with Crippen LogP contribution in [-0.4, -0.2) is 49.4 Å². The fraction of sp³-hybridized carbons (Fsp3) is 0.400. The Bertz CT molecular complexity index is 972. The highest BCUT2D eigenvalue weighted by Crippen LogP contribution is 2.29. The SMILES string of the molecule is CC(C)(O)COCC(C)(C)Nc1nc(-c2ccncc2Cl)nc2cnccc12. The van der Waals surface area contributed by atoms with Gasteiger partial charge < -0.3 is 15.2 Å². The van der Waals surface area contributed by atoms with Gasteiger partial charge in [-0.3, -0.25) is 9.97 Å². The molecule has 0 amide bonds. The van der Waals surface area contributed by atoms with E-state index < -0.39 is 11.1 Å². The number of aliphatic hydroxyl groups is 1. The van der Waals surface area contributed by atoms with Crippen LogP contribution < -0.4 is 5.32 Å². The summed E-state index contributed by atoms with van der Waals surface area (Å²) >= 11 is 6.28. The molecule has 0 aliphatic heterocycles. The first-order chi connectivity index (χ1) is 13.1. The molecular formula is C20H24ClN5O2. The van der Waals surface area contributed by atoms with Crippen molar-refractivity contribution in [2.75, 3.05) is 18.5 Å². The van der Waals surface area contributed by atoms with Gasteiger partial charge in [-0.05, 0) is 39.8 Å². The van der Waals surface area contributed by atoms with Gasteiger partial charge in [0.2, 0.25) is 0 Å². The van der Waals surface area contributed by atoms with Gasteiger partial charge in [0, 0.05) is 29.5 Å². The average Bonchev–Trinajstić information content (AvgIpc) is 2.60. The largest absolute Gasteiger partial charge is 0.388 e. The van der Waals surface area contributed by atoms with Gasteiger partial charge >= 0.3 is 0 Å². The van der Waals surface area contributed by atoms with E-state index in [4.69, 9.17) is 21.3 Å². The molecule has 148 valence electrons. The molecule has 0 fully saturated rings. The molecule has 28 heavy (non-hydrogen) atoms. The summed E-state index contributed by atoms with van der Waals surface area (Å²) < 4.78 is 5.68. The Kier molecular flexibility index (Phi) is 5.79. The molecule has 0 aliphatic rings. The van der Waals surface area contributed by atoms with E-state index in [0.717, 1.165) is 5.39 Å². The van der Waals surface area contributed by atoms with Crippen molar-refractivity contribution < 1.29 is 9.84 Å². The Morgan fingerprint density at radius 2 is 1.75 bits per heavy atom. The van der Waals surface area contributed by atoms with E-state index in [1.165, 1.54) is 0 Å². The lowest BCUT2D eigenvalue weighted by Crippen LogP contribution is -2.39. The molecule has 3 aromatic rings. The lowest BCUT2D eigenvalue weighted by molar-refractivity contribution is -0.0289. The predicted octanol–water partition coefficient (Wildman–Crippen LogP) is 3.72. The minimum Gasteiger partial charge on any atom is -0.388 e. The van der Waals surface area contributed by atoms with Gasteiger partial charge in [-0.2, -0.15) is 0 Å². The molecule has 8 heteroatoms. The number of fused-ring (bicyclic) bond motifs is 1. The van der Waals surface area contributed by atoms with Gasteiger partial charge in [-0.15, -0.1) is 0 Å². The summed E-state index contributed by atoms with van der Waals surface area (Å²) in [6, 6.07) is 3.64. The Labute approximate surface area is 169 Å². The Morgan fingerprint density at radius 3 is 2.46 bits per heavy atom. The normalized spacial score (nSPS) is 12.4. The van der Waals surface area contributed by atoms with E-state index in [-0.39, 0.29) is 6.61 Å². The number of hydrogen-bond donors (Lipinski definition) is 2. The quantitative estimate of drug-likeness (QED) is 0.623. The average molecular weight is 402 g/mol. The number of nitrogens with one attached hydrogen (secondary N) is 1. The topological polar surface area (TPSA) is 93.1 Å². The van der Waals surface area contributed by atoms with E-state index in [1.54, 1.807) is 44.7 Å². The van der Waals surface area contributed by atoms with Crippen molar-refractivity contribution in [2.45, 2.75) is 38.8 Å². The second kappa shape index (κ2) is 7.95. The minimum atomic E-state index is -0.880. The Morgan fingerprint density at radius 1 is 1.04 bits per heavy atom. The highest BCUT2D eigenvalue weighted by molar-refractivity contribution is 6.33. The molecule has 0 radical (unpaired) electrons. The number of ether oxygens (including phenoxy) is 1. The molecule has 0 saturated heterocycles. The van der Waals surface area contributed by atoms with Crippen molar-refractivity contribution >= 4 is 28.3 Å². The summed E-state index contributed by atoms with van der Waals surface area (Å²) in [7, 11) is 0. The molecule has 0 aliphatic carbocycles. The number of pyridine rings is 2. The molecule has 0 saturated carbocycles. The highest BCUT2D eigenvalue weighted by Gasteiger charge is 2.23. The van der Waals surface area contributed by atoms with Gasteiger partial charge in [0.25, 0.3) is 0 Å². The number of hydrogen-bond acceptors (Lipinski definition) is 7. The van der Waals surface area contributed by atoms with Gasteiger partial charge in [0.1, 0.15) is 5.82 Å². The van der Waals surface area contributed by atoms with Crippen LogP contribution in [0.3, 0.4) is 0 Å². The molecule has 7 nitrogen and oxygen atoms in total. The van der Waals surface area contributed by atoms with Crippen molar-refractivity contribution in [1.29, 1.82) is 0 Å². The summed E-state index contributed by atoms with van der Waals surface area (Å²) in [6.45, 7) is 8.06. The third kappa shape index (κ3) is 5.13. The molecular weight excluding hydrogens is 378 g/mol. The molecule has 2 N–H and O–H groups in total. The van der Waals surface area contributed by atoms with E-state index >= 15 is 0 Å². The van der Waals surface area contributed by atoms with Crippen LogP contribution in [0.15, 0.2) is 36.9 Å². The standard InChI is InChI=1S/C20H24ClN5O2/c1-19(2,11-28-12-20(3,4)27)26-18-14-6-8-23-10-16(14)24-17(25-18)13-5-7-22-9-15(13)21/h5-10,27H,11-12H2,1-4H3,(H,24,25,26). The maximum Gasteiger partial charge on any atom is 0.163 e. The number of nitrogens with zero attached hydrogens (tertiary/aromatic N) is 4. The third-order valence-corrected chi connectivity index (χ3v) is 4.19. The van der Waals surface area contributed by atoms with E-state index in [0.29, 0.717) is 34.4 Å². The fourth-order valence-electron chi connectivity index (χ4n) is 2.67. The van der Waals surface area contributed by atoms with Crippen LogP contribution >= 0.6 is 11.6 Å². The van der Waals surface area contributed by atoms with E-state index in [1.807, 2.05) is 19.9 Å². The molecule has 0 unspecified atom stereocenters. The minimum absolute atomic E-state index is 0.241. The smallest absolute Gasteiger partial charge is 0.163 e. The number of halogens is 1. The lowest BCUT2D eigenvalue weighted by atomic mass is 10.1. The first-order valence-corrected chi connectivity index (χ1v) is 9.32. The van der Waals surface area contributed by atoms with E-state index in [9.17, 15) is 5.11 Å². The van der Waals surface area contributed by atoms with Gasteiger partial charge in [-0.1, -0.05) is 11.6 Å². The summed E-state index contributed by atoms with van der Waals surface area (Å²) in [5, 5.41) is 14.6. The van der Waals surface area contributed by atoms with Crippen molar-refractivity contribution in [3.63, 3.8) is 0 Å². The maximum absolute atomic E-state index is 9.84. The number of anilines is 1. The van der Waals surface area contributed by atoms with Crippen LogP contribution in [0.2, 0.25) is 5.02 Å². The van der Waals surface area contributed by atoms with Crippen LogP contribution in [0, 0.1) is 0 Å². The predicted molar refractivity (Wildman–Crippen MR) is 110 cm³/mol. The van der Waals surface area contributed by atoms with Crippen LogP contribution in [0.1, 0.15) is 27.7 Å². The van der Waals surface area contributed by atoms with Gasteiger partial charge in [0.15, 0.2) is 5.82 Å². The first kappa shape index (κ1) is 20.4. The molecule has 3 heterocycles. The molecule has 0 spiro atoms. The van der Waals surface area contributed by atoms with Crippen LogP contribution in [0.25, 0.3) is 22.3 Å². The first-order valence-electron chi connectivity index (χ1n) is 8.95. The van der Waals surface area contributed by atoms with Gasteiger partial charge in [-0.25, -0.2) is 9.97 Å². The summed E-state index contributed by atoms with van der Waals surface area (Å²) in [6.07, 6.45) is 6.61. The van der Waals surface area contributed by atoms with E-state index in [2.05, 4.69) is 20.3 Å². The molecule has 0 aromatic carbocycles. The molecule has 3 rings (SSSR count). The zero-order chi connectivity index (χ0) is 20.4. The maximum atomic E-state index is 9.84. The van der Waals surface area contributed by atoms with Crippen molar-refractivity contribution in [2.24, 2.45) is 0 Å². The number of rotatable bonds is 7. The Balaban J connectivity index is 1.94.